The van der Waals surface area contributed by atoms with Crippen LogP contribution in [0, 0.1) is 0 Å². The van der Waals surface area contributed by atoms with Gasteiger partial charge in [0.2, 0.25) is 0 Å². The average molecular weight is 219 g/mol. The van der Waals surface area contributed by atoms with Crippen molar-refractivity contribution in [2.24, 2.45) is 10.7 Å². The topological polar surface area (TPSA) is 41.6 Å². The Hall–Kier alpha value is -1.51. The van der Waals surface area contributed by atoms with E-state index in [2.05, 4.69) is 43.1 Å². The number of nitrogens with zero attached hydrogens (tertiary/aromatic N) is 2. The van der Waals surface area contributed by atoms with Crippen LogP contribution in [-0.2, 0) is 6.42 Å². The van der Waals surface area contributed by atoms with E-state index in [9.17, 15) is 0 Å². The van der Waals surface area contributed by atoms with Crippen LogP contribution in [0.2, 0.25) is 0 Å². The van der Waals surface area contributed by atoms with Crippen molar-refractivity contribution in [1.82, 2.24) is 0 Å². The molecule has 0 unspecified atom stereocenters. The van der Waals surface area contributed by atoms with Gasteiger partial charge in [-0.25, -0.2) is 0 Å². The standard InChI is InChI=1S/C13H21N3/c1-4-10-15-13(14)16(3)12-8-6-11(5-2)7-9-12/h6-9H,4-5,10H2,1-3H3,(H2,14,15). The Balaban J connectivity index is 2.75. The molecule has 2 N–H and O–H groups in total. The molecule has 0 bridgehead atoms. The van der Waals surface area contributed by atoms with Crippen molar-refractivity contribution >= 4 is 11.6 Å². The fourth-order valence-electron chi connectivity index (χ4n) is 1.42. The maximum absolute atomic E-state index is 5.88. The Bertz CT molecular complexity index is 341. The van der Waals surface area contributed by atoms with Crippen molar-refractivity contribution in [3.05, 3.63) is 29.8 Å². The molecule has 88 valence electrons. The van der Waals surface area contributed by atoms with Gasteiger partial charge < -0.3 is 10.6 Å². The van der Waals surface area contributed by atoms with Crippen LogP contribution >= 0.6 is 0 Å². The summed E-state index contributed by atoms with van der Waals surface area (Å²) in [7, 11) is 1.94. The summed E-state index contributed by atoms with van der Waals surface area (Å²) in [4.78, 5) is 6.19. The fourth-order valence-corrected chi connectivity index (χ4v) is 1.42. The lowest BCUT2D eigenvalue weighted by Gasteiger charge is -2.18. The van der Waals surface area contributed by atoms with Gasteiger partial charge in [-0.15, -0.1) is 0 Å². The van der Waals surface area contributed by atoms with Crippen LogP contribution in [-0.4, -0.2) is 19.6 Å². The Morgan fingerprint density at radius 3 is 2.38 bits per heavy atom. The summed E-state index contributed by atoms with van der Waals surface area (Å²) >= 11 is 0. The fraction of sp³-hybridized carbons (Fsp3) is 0.462. The number of benzene rings is 1. The maximum Gasteiger partial charge on any atom is 0.195 e. The average Bonchev–Trinajstić information content (AvgIpc) is 2.35. The third-order valence-corrected chi connectivity index (χ3v) is 2.57. The molecule has 0 atom stereocenters. The number of aryl methyl sites for hydroxylation is 1. The molecule has 16 heavy (non-hydrogen) atoms. The van der Waals surface area contributed by atoms with E-state index in [0.29, 0.717) is 5.96 Å². The lowest BCUT2D eigenvalue weighted by Crippen LogP contribution is -2.34. The van der Waals surface area contributed by atoms with E-state index in [-0.39, 0.29) is 0 Å². The molecule has 1 aromatic rings. The molecule has 3 heteroatoms. The summed E-state index contributed by atoms with van der Waals surface area (Å²) in [6.07, 6.45) is 2.08. The van der Waals surface area contributed by atoms with E-state index >= 15 is 0 Å². The molecule has 0 spiro atoms. The van der Waals surface area contributed by atoms with E-state index in [4.69, 9.17) is 5.73 Å². The second-order valence-corrected chi connectivity index (χ2v) is 3.82. The maximum atomic E-state index is 5.88. The molecule has 0 aliphatic carbocycles. The number of aliphatic imine (C=N–C) groups is 1. The van der Waals surface area contributed by atoms with Crippen molar-refractivity contribution in [2.75, 3.05) is 18.5 Å². The Labute approximate surface area is 98.0 Å². The number of hydrogen-bond acceptors (Lipinski definition) is 1. The minimum absolute atomic E-state index is 0.575. The van der Waals surface area contributed by atoms with E-state index in [0.717, 1.165) is 25.1 Å². The lowest BCUT2D eigenvalue weighted by molar-refractivity contribution is 0.923. The largest absolute Gasteiger partial charge is 0.370 e. The van der Waals surface area contributed by atoms with Gasteiger partial charge in [-0.2, -0.15) is 0 Å². The van der Waals surface area contributed by atoms with Crippen LogP contribution in [0.15, 0.2) is 29.3 Å². The zero-order valence-corrected chi connectivity index (χ0v) is 10.4. The molecule has 0 aromatic heterocycles. The van der Waals surface area contributed by atoms with Crippen molar-refractivity contribution in [2.45, 2.75) is 26.7 Å². The first-order valence-electron chi connectivity index (χ1n) is 5.81. The second kappa shape index (κ2) is 6.16. The SMILES string of the molecule is CCCN=C(N)N(C)c1ccc(CC)cc1. The number of guanidine groups is 1. The number of nitrogens with two attached hydrogens (primary N) is 1. The monoisotopic (exact) mass is 219 g/mol. The molecule has 0 saturated heterocycles. The number of hydrogen-bond donors (Lipinski definition) is 1. The van der Waals surface area contributed by atoms with Crippen LogP contribution < -0.4 is 10.6 Å². The predicted molar refractivity (Wildman–Crippen MR) is 71.0 cm³/mol. The summed E-state index contributed by atoms with van der Waals surface area (Å²) in [5.74, 6) is 0.575. The highest BCUT2D eigenvalue weighted by Crippen LogP contribution is 2.13. The third-order valence-electron chi connectivity index (χ3n) is 2.57. The van der Waals surface area contributed by atoms with Crippen LogP contribution in [0.25, 0.3) is 0 Å². The first kappa shape index (κ1) is 12.6. The minimum Gasteiger partial charge on any atom is -0.370 e. The molecule has 0 saturated carbocycles. The lowest BCUT2D eigenvalue weighted by atomic mass is 10.1. The molecule has 1 rings (SSSR count). The van der Waals surface area contributed by atoms with Gasteiger partial charge in [0.15, 0.2) is 5.96 Å². The summed E-state index contributed by atoms with van der Waals surface area (Å²) in [5, 5.41) is 0. The molecule has 3 nitrogen and oxygen atoms in total. The Morgan fingerprint density at radius 1 is 1.25 bits per heavy atom. The molecule has 0 aliphatic rings. The molecule has 1 aromatic carbocycles. The van der Waals surface area contributed by atoms with E-state index in [1.54, 1.807) is 0 Å². The van der Waals surface area contributed by atoms with Crippen molar-refractivity contribution in [3.8, 4) is 0 Å². The first-order chi connectivity index (χ1) is 7.69. The molecule has 0 radical (unpaired) electrons. The molecule has 0 aliphatic heterocycles. The van der Waals surface area contributed by atoms with Gasteiger partial charge in [0.05, 0.1) is 0 Å². The van der Waals surface area contributed by atoms with Crippen LogP contribution in [0.3, 0.4) is 0 Å². The second-order valence-electron chi connectivity index (χ2n) is 3.82. The summed E-state index contributed by atoms with van der Waals surface area (Å²) in [6, 6.07) is 8.40. The van der Waals surface area contributed by atoms with Crippen LogP contribution in [0.5, 0.6) is 0 Å². The Morgan fingerprint density at radius 2 is 1.88 bits per heavy atom. The van der Waals surface area contributed by atoms with E-state index < -0.39 is 0 Å². The van der Waals surface area contributed by atoms with Crippen molar-refractivity contribution in [1.29, 1.82) is 0 Å². The molecular weight excluding hydrogens is 198 g/mol. The molecule has 0 heterocycles. The minimum atomic E-state index is 0.575. The predicted octanol–water partition coefficient (Wildman–Crippen LogP) is 2.41. The smallest absolute Gasteiger partial charge is 0.195 e. The normalized spacial score (nSPS) is 11.6. The molecular formula is C13H21N3. The first-order valence-corrected chi connectivity index (χ1v) is 5.81. The highest BCUT2D eigenvalue weighted by molar-refractivity contribution is 5.94. The summed E-state index contributed by atoms with van der Waals surface area (Å²) < 4.78 is 0. The van der Waals surface area contributed by atoms with Gasteiger partial charge in [0.25, 0.3) is 0 Å². The van der Waals surface area contributed by atoms with Gasteiger partial charge in [0.1, 0.15) is 0 Å². The van der Waals surface area contributed by atoms with Crippen molar-refractivity contribution in [3.63, 3.8) is 0 Å². The van der Waals surface area contributed by atoms with Gasteiger partial charge in [-0.05, 0) is 30.5 Å². The molecule has 0 fully saturated rings. The highest BCUT2D eigenvalue weighted by Gasteiger charge is 2.03. The molecule has 0 amide bonds. The summed E-state index contributed by atoms with van der Waals surface area (Å²) in [6.45, 7) is 5.02. The van der Waals surface area contributed by atoms with E-state index in [1.807, 2.05) is 11.9 Å². The zero-order chi connectivity index (χ0) is 12.0. The van der Waals surface area contributed by atoms with E-state index in [1.165, 1.54) is 5.56 Å². The van der Waals surface area contributed by atoms with Crippen LogP contribution in [0.4, 0.5) is 5.69 Å². The third kappa shape index (κ3) is 3.26. The van der Waals surface area contributed by atoms with Gasteiger partial charge in [-0.1, -0.05) is 26.0 Å². The van der Waals surface area contributed by atoms with Crippen molar-refractivity contribution < 1.29 is 0 Å². The zero-order valence-electron chi connectivity index (χ0n) is 10.4. The van der Waals surface area contributed by atoms with Gasteiger partial charge in [0, 0.05) is 19.3 Å². The Kier molecular flexibility index (Phi) is 4.83. The van der Waals surface area contributed by atoms with Crippen LogP contribution in [0.1, 0.15) is 25.8 Å². The number of anilines is 1. The quantitative estimate of drug-likeness (QED) is 0.624. The highest BCUT2D eigenvalue weighted by atomic mass is 15.2. The van der Waals surface area contributed by atoms with Gasteiger partial charge >= 0.3 is 0 Å². The summed E-state index contributed by atoms with van der Waals surface area (Å²) in [5.41, 5.74) is 8.29. The van der Waals surface area contributed by atoms with Gasteiger partial charge in [-0.3, -0.25) is 4.99 Å². The number of rotatable bonds is 4.